The van der Waals surface area contributed by atoms with Crippen LogP contribution in [0.5, 0.6) is 11.5 Å². The van der Waals surface area contributed by atoms with E-state index in [1.165, 1.54) is 0 Å². The maximum atomic E-state index is 5.97. The fourth-order valence-electron chi connectivity index (χ4n) is 4.13. The summed E-state index contributed by atoms with van der Waals surface area (Å²) in [5, 5.41) is 0. The van der Waals surface area contributed by atoms with Crippen LogP contribution in [-0.2, 0) is 6.42 Å². The molecule has 2 aromatic carbocycles. The molecular weight excluding hydrogens is 494 g/mol. The van der Waals surface area contributed by atoms with Crippen LogP contribution in [0.1, 0.15) is 39.4 Å². The Morgan fingerprint density at radius 2 is 1.74 bits per heavy atom. The van der Waals surface area contributed by atoms with Crippen LogP contribution in [0.3, 0.4) is 0 Å². The van der Waals surface area contributed by atoms with Gasteiger partial charge in [0.15, 0.2) is 0 Å². The van der Waals surface area contributed by atoms with Gasteiger partial charge < -0.3 is 18.9 Å². The highest BCUT2D eigenvalue weighted by Crippen LogP contribution is 2.26. The zero-order chi connectivity index (χ0) is 27.2. The summed E-state index contributed by atoms with van der Waals surface area (Å²) in [6.07, 6.45) is 12.2. The molecule has 0 atom stereocenters. The van der Waals surface area contributed by atoms with E-state index in [0.29, 0.717) is 11.6 Å². The lowest BCUT2D eigenvalue weighted by Crippen LogP contribution is -2.25. The van der Waals surface area contributed by atoms with E-state index in [2.05, 4.69) is 55.1 Å². The minimum Gasteiger partial charge on any atom is -0.494 e. The molecule has 1 aromatic heterocycles. The van der Waals surface area contributed by atoms with Crippen LogP contribution >= 0.6 is 11.6 Å². The topological polar surface area (TPSA) is 39.5 Å². The Balaban J connectivity index is 1.71. The number of benzene rings is 2. The number of imidazole rings is 1. The van der Waals surface area contributed by atoms with Crippen molar-refractivity contribution in [2.45, 2.75) is 40.0 Å². The van der Waals surface area contributed by atoms with E-state index < -0.39 is 0 Å². The second kappa shape index (κ2) is 15.9. The van der Waals surface area contributed by atoms with E-state index in [-0.39, 0.29) is 0 Å². The number of hydrogen-bond donors (Lipinski definition) is 0. The van der Waals surface area contributed by atoms with Crippen molar-refractivity contribution < 1.29 is 9.47 Å². The van der Waals surface area contributed by atoms with Gasteiger partial charge in [0, 0.05) is 36.3 Å². The molecule has 0 amide bonds. The third kappa shape index (κ3) is 8.64. The molecule has 3 rings (SSSR count). The van der Waals surface area contributed by atoms with Gasteiger partial charge in [0.1, 0.15) is 23.1 Å². The van der Waals surface area contributed by atoms with Crippen LogP contribution in [0.4, 0.5) is 0 Å². The van der Waals surface area contributed by atoms with Crippen molar-refractivity contribution in [1.82, 2.24) is 14.5 Å². The van der Waals surface area contributed by atoms with Gasteiger partial charge in [-0.2, -0.15) is 0 Å². The summed E-state index contributed by atoms with van der Waals surface area (Å²) in [6, 6.07) is 16.2. The van der Waals surface area contributed by atoms with Gasteiger partial charge in [-0.1, -0.05) is 39.5 Å². The molecule has 0 aliphatic carbocycles. The zero-order valence-corrected chi connectivity index (χ0v) is 23.7. The van der Waals surface area contributed by atoms with Crippen molar-refractivity contribution in [3.8, 4) is 28.4 Å². The molecule has 0 aliphatic heterocycles. The van der Waals surface area contributed by atoms with Crippen molar-refractivity contribution in [2.24, 2.45) is 0 Å². The van der Waals surface area contributed by atoms with Gasteiger partial charge in [-0.3, -0.25) is 0 Å². The largest absolute Gasteiger partial charge is 0.494 e. The van der Waals surface area contributed by atoms with Crippen molar-refractivity contribution in [3.05, 3.63) is 97.2 Å². The van der Waals surface area contributed by atoms with Gasteiger partial charge in [-0.25, -0.2) is 4.98 Å². The zero-order valence-electron chi connectivity index (χ0n) is 22.9. The van der Waals surface area contributed by atoms with Gasteiger partial charge in [0.05, 0.1) is 12.3 Å². The molecule has 0 spiro atoms. The predicted molar refractivity (Wildman–Crippen MR) is 160 cm³/mol. The number of nitrogens with zero attached hydrogens (tertiary/aromatic N) is 3. The van der Waals surface area contributed by atoms with Crippen LogP contribution in [-0.4, -0.2) is 46.6 Å². The lowest BCUT2D eigenvalue weighted by atomic mass is 10.1. The second-order valence-corrected chi connectivity index (χ2v) is 9.18. The maximum absolute atomic E-state index is 5.97. The standard InChI is InChI=1S/C32H40ClN3O2/c1-5-11-29(13-9-22-33)38-30-20-16-27(17-21-30)36-25-31(34-32(36)12-6-2)26-14-18-28(19-15-26)37-24-10-23-35(7-3)8-4/h5,9,11,13-21,25H,1,6-8,10,12,22-24H2,2-4H3/b13-9-,29-11+. The quantitative estimate of drug-likeness (QED) is 0.0813. The maximum Gasteiger partial charge on any atom is 0.127 e. The smallest absolute Gasteiger partial charge is 0.127 e. The SMILES string of the molecule is C=C/C=C(\C=C/CCl)Oc1ccc(-n2cc(-c3ccc(OCCCN(CC)CC)cc3)nc2CCC)cc1. The Bertz CT molecular complexity index is 1180. The predicted octanol–water partition coefficient (Wildman–Crippen LogP) is 7.85. The first-order valence-corrected chi connectivity index (χ1v) is 14.0. The van der Waals surface area contributed by atoms with Gasteiger partial charge in [-0.15, -0.1) is 11.6 Å². The normalized spacial score (nSPS) is 11.9. The van der Waals surface area contributed by atoms with E-state index in [1.807, 2.05) is 48.6 Å². The molecule has 0 unspecified atom stereocenters. The molecule has 6 heteroatoms. The van der Waals surface area contributed by atoms with Crippen molar-refractivity contribution in [2.75, 3.05) is 32.1 Å². The average Bonchev–Trinajstić information content (AvgIpc) is 3.37. The number of allylic oxidation sites excluding steroid dienone is 4. The first-order valence-electron chi connectivity index (χ1n) is 13.5. The van der Waals surface area contributed by atoms with E-state index in [0.717, 1.165) is 79.8 Å². The summed E-state index contributed by atoms with van der Waals surface area (Å²) in [7, 11) is 0. The highest BCUT2D eigenvalue weighted by Gasteiger charge is 2.12. The highest BCUT2D eigenvalue weighted by molar-refractivity contribution is 6.18. The van der Waals surface area contributed by atoms with E-state index >= 15 is 0 Å². The fourth-order valence-corrected chi connectivity index (χ4v) is 4.22. The van der Waals surface area contributed by atoms with Crippen molar-refractivity contribution in [1.29, 1.82) is 0 Å². The number of rotatable bonds is 16. The minimum absolute atomic E-state index is 0.423. The first-order chi connectivity index (χ1) is 18.6. The number of ether oxygens (including phenoxy) is 2. The molecule has 0 N–H and O–H groups in total. The molecule has 0 bridgehead atoms. The lowest BCUT2D eigenvalue weighted by Gasteiger charge is -2.17. The molecule has 0 saturated carbocycles. The number of alkyl halides is 1. The summed E-state index contributed by atoms with van der Waals surface area (Å²) >= 11 is 5.76. The molecule has 38 heavy (non-hydrogen) atoms. The Kier molecular flexibility index (Phi) is 12.2. The minimum atomic E-state index is 0.423. The second-order valence-electron chi connectivity index (χ2n) is 8.87. The third-order valence-corrected chi connectivity index (χ3v) is 6.37. The van der Waals surface area contributed by atoms with Gasteiger partial charge >= 0.3 is 0 Å². The Hall–Kier alpha value is -3.28. The third-order valence-electron chi connectivity index (χ3n) is 6.19. The molecular formula is C32H40ClN3O2. The number of hydrogen-bond acceptors (Lipinski definition) is 4. The monoisotopic (exact) mass is 533 g/mol. The summed E-state index contributed by atoms with van der Waals surface area (Å²) in [5.41, 5.74) is 3.06. The Labute approximate surface area is 233 Å². The van der Waals surface area contributed by atoms with Crippen LogP contribution in [0, 0.1) is 0 Å². The Morgan fingerprint density at radius 3 is 2.37 bits per heavy atom. The molecule has 3 aromatic rings. The first kappa shape index (κ1) is 29.3. The van der Waals surface area contributed by atoms with E-state index in [9.17, 15) is 0 Å². The number of halogens is 1. The summed E-state index contributed by atoms with van der Waals surface area (Å²) < 4.78 is 14.1. The molecule has 0 radical (unpaired) electrons. The van der Waals surface area contributed by atoms with Crippen LogP contribution in [0.15, 0.2) is 91.4 Å². The van der Waals surface area contributed by atoms with Gasteiger partial charge in [0.2, 0.25) is 0 Å². The van der Waals surface area contributed by atoms with Gasteiger partial charge in [-0.05, 0) is 86.6 Å². The van der Waals surface area contributed by atoms with Crippen LogP contribution in [0.2, 0.25) is 0 Å². The van der Waals surface area contributed by atoms with Crippen molar-refractivity contribution in [3.63, 3.8) is 0 Å². The van der Waals surface area contributed by atoms with E-state index in [1.54, 1.807) is 12.2 Å². The number of aryl methyl sites for hydroxylation is 1. The Morgan fingerprint density at radius 1 is 1.03 bits per heavy atom. The molecule has 0 aliphatic rings. The molecule has 0 saturated heterocycles. The van der Waals surface area contributed by atoms with Gasteiger partial charge in [0.25, 0.3) is 0 Å². The molecule has 0 fully saturated rings. The molecule has 202 valence electrons. The molecule has 1 heterocycles. The summed E-state index contributed by atoms with van der Waals surface area (Å²) in [4.78, 5) is 7.37. The summed E-state index contributed by atoms with van der Waals surface area (Å²) in [5.74, 6) is 3.77. The molecule has 5 nitrogen and oxygen atoms in total. The van der Waals surface area contributed by atoms with Crippen molar-refractivity contribution >= 4 is 11.6 Å². The highest BCUT2D eigenvalue weighted by atomic mass is 35.5. The average molecular weight is 534 g/mol. The lowest BCUT2D eigenvalue weighted by molar-refractivity contribution is 0.249. The number of aromatic nitrogens is 2. The summed E-state index contributed by atoms with van der Waals surface area (Å²) in [6.45, 7) is 14.3. The van der Waals surface area contributed by atoms with E-state index in [4.69, 9.17) is 26.1 Å². The fraction of sp³-hybridized carbons (Fsp3) is 0.344. The van der Waals surface area contributed by atoms with Crippen LogP contribution in [0.25, 0.3) is 16.9 Å². The van der Waals surface area contributed by atoms with Crippen LogP contribution < -0.4 is 9.47 Å².